The molecule has 5 amide bonds. The van der Waals surface area contributed by atoms with Crippen molar-refractivity contribution >= 4 is 48.1 Å². The van der Waals surface area contributed by atoms with Crippen molar-refractivity contribution in [2.24, 2.45) is 17.8 Å². The second-order valence-corrected chi connectivity index (χ2v) is 22.6. The van der Waals surface area contributed by atoms with Crippen LogP contribution in [0.15, 0.2) is 76.6 Å². The molecule has 460 valence electrons. The molecule has 7 aliphatic rings. The van der Waals surface area contributed by atoms with E-state index in [1.807, 2.05) is 74.6 Å². The lowest BCUT2D eigenvalue weighted by Crippen LogP contribution is -2.56. The summed E-state index contributed by atoms with van der Waals surface area (Å²) in [5.74, 6) is 2.48. The molecule has 0 bridgehead atoms. The van der Waals surface area contributed by atoms with Gasteiger partial charge in [-0.15, -0.1) is 0 Å². The van der Waals surface area contributed by atoms with E-state index in [1.165, 1.54) is 30.4 Å². The first-order chi connectivity index (χ1) is 40.4. The fourth-order valence-electron chi connectivity index (χ4n) is 11.8. The van der Waals surface area contributed by atoms with Crippen LogP contribution in [0.5, 0.6) is 0 Å². The van der Waals surface area contributed by atoms with Gasteiger partial charge in [0, 0.05) is 102 Å². The van der Waals surface area contributed by atoms with Gasteiger partial charge >= 0.3 is 0 Å². The van der Waals surface area contributed by atoms with Crippen LogP contribution in [0.4, 0.5) is 4.39 Å². The number of piperidine rings is 2. The first-order valence-electron chi connectivity index (χ1n) is 31.4. The van der Waals surface area contributed by atoms with Gasteiger partial charge in [0.25, 0.3) is 5.56 Å². The number of carbonyl (C=O) groups is 6. The van der Waals surface area contributed by atoms with Crippen LogP contribution in [0.3, 0.4) is 0 Å². The Morgan fingerprint density at radius 1 is 0.747 bits per heavy atom. The number of carbonyl (C=O) groups excluding carboxylic acids is 6. The SMILES string of the molecule is C=O.CC.CC.CC1=CC(Cc2n[nH]c(=O)c3ccccc23)=CCC1F.CCC.Cc1cccc(C2CCCN(C(=O)C3CC3)C2)c1.O=CNC(C(=O)N1CCN(CC2CCN(CC(=O)N3CCN(C=O)CC3)CC2)CC1)C1CCCCC1. The highest BCUT2D eigenvalue weighted by molar-refractivity contribution is 5.85. The van der Waals surface area contributed by atoms with Gasteiger partial charge in [-0.05, 0) is 113 Å². The third-order valence-electron chi connectivity index (χ3n) is 16.5. The zero-order valence-corrected chi connectivity index (χ0v) is 51.8. The zero-order valence-electron chi connectivity index (χ0n) is 51.8. The smallest absolute Gasteiger partial charge is 0.272 e. The van der Waals surface area contributed by atoms with Crippen LogP contribution >= 0.6 is 0 Å². The summed E-state index contributed by atoms with van der Waals surface area (Å²) in [6.07, 6.45) is 19.1. The second kappa shape index (κ2) is 38.0. The summed E-state index contributed by atoms with van der Waals surface area (Å²) in [5.41, 5.74) is 5.14. The molecule has 2 aromatic carbocycles. The van der Waals surface area contributed by atoms with E-state index in [0.717, 1.165) is 145 Å². The predicted molar refractivity (Wildman–Crippen MR) is 332 cm³/mol. The molecule has 4 saturated heterocycles. The van der Waals surface area contributed by atoms with E-state index in [4.69, 9.17) is 4.79 Å². The molecule has 1 aromatic heterocycles. The first kappa shape index (κ1) is 69.4. The molecule has 3 aromatic rings. The Morgan fingerprint density at radius 3 is 1.99 bits per heavy atom. The topological polar surface area (TPSA) is 180 Å². The Balaban J connectivity index is 0.000000266. The standard InChI is InChI=1S/C26H44N6O4.C16H15FN2O.C16H21NO.C3H8.2C2H6.CH2O/c33-20-27-25(23-4-2-1-3-5-23)26(36)32-16-10-29(11-17-32)18-22-6-8-28(9-7-22)19-24(35)31-14-12-30(21-34)13-15-31;1-10-8-11(6-7-14(10)17)9-15-12-4-2-3-5-13(12)16(20)19-18-15;1-12-4-2-5-14(10-12)15-6-3-9-17(11-15)16(18)13-7-8-13;1-3-2;3*1-2/h20-23,25H,1-19H2,(H,27,33);2-6,8,14H,7,9H2,1H3,(H,19,20);2,4-5,10,13,15H,3,6-9,11H2,1H3;3H2,1-2H3;2*1-2H3;1H2. The summed E-state index contributed by atoms with van der Waals surface area (Å²) < 4.78 is 13.4. The number of nitrogens with zero attached hydrogens (tertiary/aromatic N) is 7. The lowest BCUT2D eigenvalue weighted by molar-refractivity contribution is -0.138. The molecule has 6 fully saturated rings. The van der Waals surface area contributed by atoms with Gasteiger partial charge in [-0.1, -0.05) is 127 Å². The van der Waals surface area contributed by atoms with E-state index in [-0.39, 0.29) is 29.3 Å². The number of H-pyrrole nitrogens is 1. The van der Waals surface area contributed by atoms with Crippen molar-refractivity contribution in [1.82, 2.24) is 44.9 Å². The number of likely N-dealkylation sites (tertiary alicyclic amines) is 2. The number of rotatable bonds is 13. The summed E-state index contributed by atoms with van der Waals surface area (Å²) in [5, 5.41) is 11.0. The molecule has 2 saturated carbocycles. The Kier molecular flexibility index (Phi) is 31.8. The fraction of sp³-hybridized carbons (Fsp3) is 0.636. The number of fused-ring (bicyclic) bond motifs is 1. The maximum atomic E-state index is 13.4. The summed E-state index contributed by atoms with van der Waals surface area (Å²) in [7, 11) is 0. The van der Waals surface area contributed by atoms with Crippen molar-refractivity contribution in [3.05, 3.63) is 99.0 Å². The Labute approximate surface area is 496 Å². The van der Waals surface area contributed by atoms with E-state index in [0.29, 0.717) is 81.0 Å². The van der Waals surface area contributed by atoms with Crippen molar-refractivity contribution in [1.29, 1.82) is 0 Å². The number of allylic oxidation sites excluding steroid dienone is 4. The Morgan fingerprint density at radius 2 is 1.39 bits per heavy atom. The molecular formula is C66H102FN9O7. The zero-order chi connectivity index (χ0) is 60.7. The molecule has 3 unspecified atom stereocenters. The van der Waals surface area contributed by atoms with Crippen LogP contribution < -0.4 is 10.9 Å². The van der Waals surface area contributed by atoms with Crippen LogP contribution in [0, 0.1) is 24.7 Å². The number of hydrogen-bond acceptors (Lipinski definition) is 10. The number of nitrogens with one attached hydrogen (secondary N) is 2. The largest absolute Gasteiger partial charge is 0.347 e. The monoisotopic (exact) mass is 1150 g/mol. The van der Waals surface area contributed by atoms with Gasteiger partial charge in [0.05, 0.1) is 17.6 Å². The number of aromatic nitrogens is 2. The maximum Gasteiger partial charge on any atom is 0.272 e. The second-order valence-electron chi connectivity index (χ2n) is 22.6. The van der Waals surface area contributed by atoms with Crippen LogP contribution in [0.2, 0.25) is 0 Å². The third kappa shape index (κ3) is 22.1. The number of amides is 5. The molecule has 17 heteroatoms. The van der Waals surface area contributed by atoms with E-state index >= 15 is 0 Å². The highest BCUT2D eigenvalue weighted by Gasteiger charge is 2.37. The Bertz CT molecular complexity index is 2540. The normalized spacial score (nSPS) is 20.7. The molecule has 5 heterocycles. The lowest BCUT2D eigenvalue weighted by Gasteiger charge is -2.41. The molecule has 2 N–H and O–H groups in total. The molecule has 0 spiro atoms. The van der Waals surface area contributed by atoms with Gasteiger partial charge in [-0.2, -0.15) is 5.10 Å². The number of aromatic amines is 1. The highest BCUT2D eigenvalue weighted by Crippen LogP contribution is 2.35. The number of alkyl halides is 1. The van der Waals surface area contributed by atoms with Crippen LogP contribution in [-0.2, 0) is 35.2 Å². The number of aryl methyl sites for hydroxylation is 1. The molecule has 3 aliphatic carbocycles. The lowest BCUT2D eigenvalue weighted by atomic mass is 9.83. The summed E-state index contributed by atoms with van der Waals surface area (Å²) in [6, 6.07) is 15.8. The van der Waals surface area contributed by atoms with Gasteiger partial charge in [0.2, 0.25) is 30.5 Å². The van der Waals surface area contributed by atoms with Crippen molar-refractivity contribution in [2.45, 2.75) is 163 Å². The predicted octanol–water partition coefficient (Wildman–Crippen LogP) is 9.31. The van der Waals surface area contributed by atoms with E-state index in [2.05, 4.69) is 75.3 Å². The average molecular weight is 1150 g/mol. The number of hydrogen-bond donors (Lipinski definition) is 2. The van der Waals surface area contributed by atoms with Gasteiger partial charge < -0.3 is 29.7 Å². The van der Waals surface area contributed by atoms with Gasteiger partial charge in [0.1, 0.15) is 19.0 Å². The third-order valence-corrected chi connectivity index (χ3v) is 16.5. The minimum absolute atomic E-state index is 0.0965. The molecule has 16 nitrogen and oxygen atoms in total. The van der Waals surface area contributed by atoms with Gasteiger partial charge in [-0.3, -0.25) is 38.6 Å². The first-order valence-corrected chi connectivity index (χ1v) is 31.4. The average Bonchev–Trinajstić information content (AvgIpc) is 4.56. The summed E-state index contributed by atoms with van der Waals surface area (Å²) >= 11 is 0. The van der Waals surface area contributed by atoms with Crippen LogP contribution in [0.1, 0.15) is 155 Å². The van der Waals surface area contributed by atoms with Crippen molar-refractivity contribution in [3.63, 3.8) is 0 Å². The Hall–Kier alpha value is -6.07. The molecule has 4 aliphatic heterocycles. The van der Waals surface area contributed by atoms with Crippen LogP contribution in [-0.4, -0.2) is 181 Å². The number of halogens is 1. The van der Waals surface area contributed by atoms with Crippen molar-refractivity contribution in [3.8, 4) is 0 Å². The van der Waals surface area contributed by atoms with E-state index in [1.54, 1.807) is 17.9 Å². The number of piperazine rings is 2. The van der Waals surface area contributed by atoms with Gasteiger partial charge in [-0.25, -0.2) is 9.49 Å². The summed E-state index contributed by atoms with van der Waals surface area (Å²) in [4.78, 5) is 92.1. The number of benzene rings is 2. The molecular weight excluding hydrogens is 1050 g/mol. The molecule has 83 heavy (non-hydrogen) atoms. The molecule has 3 atom stereocenters. The maximum absolute atomic E-state index is 13.4. The fourth-order valence-corrected chi connectivity index (χ4v) is 11.8. The van der Waals surface area contributed by atoms with Crippen LogP contribution in [0.25, 0.3) is 10.8 Å². The minimum Gasteiger partial charge on any atom is -0.347 e. The minimum atomic E-state index is -0.876. The van der Waals surface area contributed by atoms with E-state index < -0.39 is 6.17 Å². The van der Waals surface area contributed by atoms with Crippen molar-refractivity contribution in [2.75, 3.05) is 91.6 Å². The summed E-state index contributed by atoms with van der Waals surface area (Å²) in [6.45, 7) is 29.3. The van der Waals surface area contributed by atoms with Gasteiger partial charge in [0.15, 0.2) is 0 Å². The van der Waals surface area contributed by atoms with Crippen molar-refractivity contribution < 1.29 is 33.2 Å². The quantitative estimate of drug-likeness (QED) is 0.157. The van der Waals surface area contributed by atoms with E-state index in [9.17, 15) is 33.2 Å². The highest BCUT2D eigenvalue weighted by atomic mass is 19.1. The molecule has 10 rings (SSSR count). The molecule has 0 radical (unpaired) electrons.